The molecular formula is C30H38N4O4. The first-order chi connectivity index (χ1) is 18.6. The van der Waals surface area contributed by atoms with Crippen molar-refractivity contribution >= 4 is 16.8 Å². The van der Waals surface area contributed by atoms with Crippen molar-refractivity contribution in [1.82, 2.24) is 20.4 Å². The predicted molar refractivity (Wildman–Crippen MR) is 146 cm³/mol. The second-order valence-corrected chi connectivity index (χ2v) is 11.1. The summed E-state index contributed by atoms with van der Waals surface area (Å²) < 4.78 is 11.7. The number of benzene rings is 2. The van der Waals surface area contributed by atoms with E-state index in [4.69, 9.17) is 9.47 Å². The van der Waals surface area contributed by atoms with Crippen LogP contribution in [0.15, 0.2) is 42.5 Å². The number of hydrogen-bond donors (Lipinski definition) is 3. The van der Waals surface area contributed by atoms with E-state index in [-0.39, 0.29) is 23.7 Å². The molecule has 2 saturated carbocycles. The summed E-state index contributed by atoms with van der Waals surface area (Å²) >= 11 is 0. The smallest absolute Gasteiger partial charge is 0.251 e. The molecule has 3 fully saturated rings. The fourth-order valence-corrected chi connectivity index (χ4v) is 6.51. The van der Waals surface area contributed by atoms with Crippen molar-refractivity contribution in [2.75, 3.05) is 32.8 Å². The van der Waals surface area contributed by atoms with E-state index in [2.05, 4.69) is 20.4 Å². The number of amides is 1. The highest BCUT2D eigenvalue weighted by Crippen LogP contribution is 2.36. The van der Waals surface area contributed by atoms with Gasteiger partial charge in [0.2, 0.25) is 0 Å². The Bertz CT molecular complexity index is 1240. The number of aromatic nitrogens is 2. The van der Waals surface area contributed by atoms with E-state index in [1.165, 1.54) is 12.8 Å². The third-order valence-corrected chi connectivity index (χ3v) is 8.65. The highest BCUT2D eigenvalue weighted by Gasteiger charge is 2.40. The minimum atomic E-state index is -0.266. The number of nitrogens with zero attached hydrogens (tertiary/aromatic N) is 2. The second kappa shape index (κ2) is 11.0. The molecule has 38 heavy (non-hydrogen) atoms. The zero-order valence-corrected chi connectivity index (χ0v) is 22.0. The average Bonchev–Trinajstić information content (AvgIpc) is 3.61. The van der Waals surface area contributed by atoms with Gasteiger partial charge in [0.25, 0.3) is 5.91 Å². The van der Waals surface area contributed by atoms with E-state index in [0.717, 1.165) is 86.3 Å². The van der Waals surface area contributed by atoms with Crippen LogP contribution >= 0.6 is 0 Å². The molecule has 3 aliphatic rings. The molecule has 3 N–H and O–H groups in total. The van der Waals surface area contributed by atoms with Crippen LogP contribution in [0.25, 0.3) is 22.2 Å². The van der Waals surface area contributed by atoms with Gasteiger partial charge in [-0.05, 0) is 74.6 Å². The normalized spacial score (nSPS) is 23.9. The van der Waals surface area contributed by atoms with E-state index in [1.54, 1.807) is 0 Å². The minimum absolute atomic E-state index is 0.0444. The van der Waals surface area contributed by atoms with Crippen LogP contribution in [-0.4, -0.2) is 76.7 Å². The van der Waals surface area contributed by atoms with Crippen LogP contribution in [0.5, 0.6) is 5.75 Å². The summed E-state index contributed by atoms with van der Waals surface area (Å²) in [5, 5.41) is 21.8. The van der Waals surface area contributed by atoms with Gasteiger partial charge in [-0.25, -0.2) is 0 Å². The topological polar surface area (TPSA) is 99.7 Å². The van der Waals surface area contributed by atoms with Crippen molar-refractivity contribution < 1.29 is 19.4 Å². The molecule has 0 radical (unpaired) electrons. The summed E-state index contributed by atoms with van der Waals surface area (Å²) in [6.45, 7) is 4.08. The maximum absolute atomic E-state index is 13.3. The first-order valence-corrected chi connectivity index (χ1v) is 14.1. The molecule has 1 amide bonds. The second-order valence-electron chi connectivity index (χ2n) is 11.1. The summed E-state index contributed by atoms with van der Waals surface area (Å²) in [7, 11) is 0. The molecule has 8 nitrogen and oxygen atoms in total. The summed E-state index contributed by atoms with van der Waals surface area (Å²) in [6.07, 6.45) is 7.98. The van der Waals surface area contributed by atoms with Crippen molar-refractivity contribution in [2.24, 2.45) is 0 Å². The van der Waals surface area contributed by atoms with Gasteiger partial charge in [-0.3, -0.25) is 14.8 Å². The van der Waals surface area contributed by atoms with Crippen molar-refractivity contribution in [3.8, 4) is 17.0 Å². The van der Waals surface area contributed by atoms with E-state index >= 15 is 0 Å². The van der Waals surface area contributed by atoms with Gasteiger partial charge in [0.15, 0.2) is 0 Å². The molecule has 2 heterocycles. The lowest BCUT2D eigenvalue weighted by molar-refractivity contribution is -0.0199. The predicted octanol–water partition coefficient (Wildman–Crippen LogP) is 4.29. The highest BCUT2D eigenvalue weighted by atomic mass is 16.5. The van der Waals surface area contributed by atoms with E-state index < -0.39 is 0 Å². The summed E-state index contributed by atoms with van der Waals surface area (Å²) in [4.78, 5) is 15.8. The fourth-order valence-electron chi connectivity index (χ4n) is 6.51. The molecule has 2 atom stereocenters. The molecule has 0 unspecified atom stereocenters. The minimum Gasteiger partial charge on any atom is -0.490 e. The molecule has 2 aromatic carbocycles. The number of rotatable bonds is 7. The molecule has 202 valence electrons. The third kappa shape index (κ3) is 5.30. The number of aliphatic hydroxyl groups is 1. The first-order valence-electron chi connectivity index (χ1n) is 14.1. The Kier molecular flexibility index (Phi) is 7.37. The highest BCUT2D eigenvalue weighted by molar-refractivity contribution is 6.01. The lowest BCUT2D eigenvalue weighted by atomic mass is 9.94. The summed E-state index contributed by atoms with van der Waals surface area (Å²) in [5.74, 6) is 0.755. The number of morpholine rings is 1. The van der Waals surface area contributed by atoms with Crippen molar-refractivity contribution in [2.45, 2.75) is 69.1 Å². The molecule has 0 bridgehead atoms. The van der Waals surface area contributed by atoms with Crippen LogP contribution in [0.1, 0.15) is 61.7 Å². The molecule has 1 aliphatic heterocycles. The van der Waals surface area contributed by atoms with Gasteiger partial charge in [0.05, 0.1) is 30.5 Å². The van der Waals surface area contributed by atoms with Crippen LogP contribution < -0.4 is 10.1 Å². The lowest BCUT2D eigenvalue weighted by Crippen LogP contribution is -2.57. The summed E-state index contributed by atoms with van der Waals surface area (Å²) in [6, 6.07) is 13.7. The molecule has 1 aromatic heterocycles. The monoisotopic (exact) mass is 518 g/mol. The maximum atomic E-state index is 13.3. The Morgan fingerprint density at radius 3 is 2.66 bits per heavy atom. The largest absolute Gasteiger partial charge is 0.490 e. The number of H-pyrrole nitrogens is 1. The molecule has 0 spiro atoms. The van der Waals surface area contributed by atoms with Crippen LogP contribution in [-0.2, 0) is 4.74 Å². The number of fused-ring (bicyclic) bond motifs is 1. The van der Waals surface area contributed by atoms with Crippen molar-refractivity contribution in [3.05, 3.63) is 48.0 Å². The number of aliphatic hydroxyl groups excluding tert-OH is 1. The molecule has 3 aromatic rings. The van der Waals surface area contributed by atoms with E-state index in [9.17, 15) is 9.90 Å². The number of nitrogens with one attached hydrogen (secondary N) is 2. The van der Waals surface area contributed by atoms with Gasteiger partial charge in [-0.2, -0.15) is 5.10 Å². The van der Waals surface area contributed by atoms with Crippen molar-refractivity contribution in [1.29, 1.82) is 0 Å². The van der Waals surface area contributed by atoms with Gasteiger partial charge in [-0.1, -0.05) is 12.8 Å². The Labute approximate surface area is 223 Å². The number of hydrogen-bond acceptors (Lipinski definition) is 6. The fraction of sp³-hybridized carbons (Fsp3) is 0.533. The summed E-state index contributed by atoms with van der Waals surface area (Å²) in [5.41, 5.74) is 3.36. The van der Waals surface area contributed by atoms with E-state index in [0.29, 0.717) is 18.5 Å². The number of ether oxygens (including phenoxy) is 2. The van der Waals surface area contributed by atoms with Crippen LogP contribution in [0.2, 0.25) is 0 Å². The molecule has 6 rings (SSSR count). The molecule has 8 heteroatoms. The van der Waals surface area contributed by atoms with E-state index in [1.807, 2.05) is 42.5 Å². The van der Waals surface area contributed by atoms with Gasteiger partial charge in [0.1, 0.15) is 11.9 Å². The Morgan fingerprint density at radius 1 is 1.11 bits per heavy atom. The van der Waals surface area contributed by atoms with Gasteiger partial charge >= 0.3 is 0 Å². The third-order valence-electron chi connectivity index (χ3n) is 8.65. The van der Waals surface area contributed by atoms with Crippen LogP contribution in [0.4, 0.5) is 0 Å². The van der Waals surface area contributed by atoms with Crippen molar-refractivity contribution in [3.63, 3.8) is 0 Å². The Morgan fingerprint density at radius 2 is 1.89 bits per heavy atom. The SMILES string of the molecule is O=C(NCC1(N2CCOCC2)CCCC1)c1ccc2[nH]nc(-c3ccc(O[C@H]4CCC[C@@H](O)C4)cc3)c2c1. The lowest BCUT2D eigenvalue weighted by Gasteiger charge is -2.43. The van der Waals surface area contributed by atoms with Crippen LogP contribution in [0, 0.1) is 0 Å². The zero-order valence-electron chi connectivity index (χ0n) is 22.0. The van der Waals surface area contributed by atoms with Gasteiger partial charge in [0, 0.05) is 48.1 Å². The quantitative estimate of drug-likeness (QED) is 0.432. The van der Waals surface area contributed by atoms with Crippen LogP contribution in [0.3, 0.4) is 0 Å². The van der Waals surface area contributed by atoms with Gasteiger partial charge in [-0.15, -0.1) is 0 Å². The number of carbonyl (C=O) groups excluding carboxylic acids is 1. The number of carbonyl (C=O) groups is 1. The first kappa shape index (κ1) is 25.3. The zero-order chi connectivity index (χ0) is 26.0. The maximum Gasteiger partial charge on any atom is 0.251 e. The van der Waals surface area contributed by atoms with Gasteiger partial charge < -0.3 is 19.9 Å². The number of aromatic amines is 1. The molecule has 2 aliphatic carbocycles. The Hall–Kier alpha value is -2.94. The molecular weight excluding hydrogens is 480 g/mol. The molecule has 1 saturated heterocycles. The average molecular weight is 519 g/mol. The Balaban J connectivity index is 1.15. The standard InChI is InChI=1S/C30H38N4O4/c35-23-4-3-5-25(19-23)38-24-9-6-21(7-10-24)28-26-18-22(8-11-27(26)32-33-28)29(36)31-20-30(12-1-2-13-30)34-14-16-37-17-15-34/h6-11,18,23,25,35H,1-5,12-17,19-20H2,(H,31,36)(H,32,33)/t23-,25+/m1/s1.